The zero-order chi connectivity index (χ0) is 21.8. The highest BCUT2D eigenvalue weighted by atomic mass is 32.1. The minimum absolute atomic E-state index is 0.0758. The van der Waals surface area contributed by atoms with Gasteiger partial charge in [-0.3, -0.25) is 0 Å². The van der Waals surface area contributed by atoms with Crippen molar-refractivity contribution in [1.82, 2.24) is 9.97 Å². The van der Waals surface area contributed by atoms with E-state index in [0.717, 1.165) is 24.6 Å². The average Bonchev–Trinajstić information content (AvgIpc) is 3.46. The second-order valence-electron chi connectivity index (χ2n) is 7.67. The van der Waals surface area contributed by atoms with Gasteiger partial charge < -0.3 is 5.11 Å². The molecule has 0 radical (unpaired) electrons. The molecule has 0 unspecified atom stereocenters. The number of pyridine rings is 1. The quantitative estimate of drug-likeness (QED) is 0.383. The van der Waals surface area contributed by atoms with E-state index in [9.17, 15) is 22.7 Å². The van der Waals surface area contributed by atoms with Crippen LogP contribution in [-0.2, 0) is 5.41 Å². The fourth-order valence-corrected chi connectivity index (χ4v) is 4.80. The molecule has 4 aromatic rings. The minimum atomic E-state index is -4.86. The number of hydrogen-bond donors (Lipinski definition) is 1. The molecule has 158 valence electrons. The smallest absolute Gasteiger partial charge is 0.379 e. The van der Waals surface area contributed by atoms with E-state index in [-0.39, 0.29) is 11.0 Å². The van der Waals surface area contributed by atoms with E-state index in [1.165, 1.54) is 23.0 Å². The first kappa shape index (κ1) is 20.1. The fraction of sp³-hybridized carbons (Fsp3) is 0.217. The summed E-state index contributed by atoms with van der Waals surface area (Å²) in [5.74, 6) is -0.872. The summed E-state index contributed by atoms with van der Waals surface area (Å²) >= 11 is 1.19. The summed E-state index contributed by atoms with van der Waals surface area (Å²) in [7, 11) is 0. The van der Waals surface area contributed by atoms with E-state index in [2.05, 4.69) is 17.1 Å². The normalized spacial score (nSPS) is 16.4. The summed E-state index contributed by atoms with van der Waals surface area (Å²) in [5, 5.41) is 9.68. The Morgan fingerprint density at radius 2 is 1.71 bits per heavy atom. The molecule has 3 nitrogen and oxygen atoms in total. The molecule has 2 aromatic heterocycles. The number of alkyl halides is 3. The largest absolute Gasteiger partial charge is 0.418 e. The number of aliphatic hydroxyl groups is 1. The van der Waals surface area contributed by atoms with Crippen LogP contribution < -0.4 is 0 Å². The zero-order valence-corrected chi connectivity index (χ0v) is 16.8. The maximum absolute atomic E-state index is 14.6. The second-order valence-corrected chi connectivity index (χ2v) is 8.65. The van der Waals surface area contributed by atoms with Crippen LogP contribution >= 0.6 is 11.3 Å². The number of hydrogen-bond acceptors (Lipinski definition) is 4. The van der Waals surface area contributed by atoms with Crippen LogP contribution in [0.3, 0.4) is 0 Å². The molecule has 1 atom stereocenters. The number of aromatic nitrogens is 2. The predicted molar refractivity (Wildman–Crippen MR) is 110 cm³/mol. The van der Waals surface area contributed by atoms with Gasteiger partial charge in [0.1, 0.15) is 21.2 Å². The molecule has 8 heteroatoms. The molecule has 2 heterocycles. The molecule has 5 rings (SSSR count). The van der Waals surface area contributed by atoms with Crippen molar-refractivity contribution in [2.45, 2.75) is 30.5 Å². The van der Waals surface area contributed by atoms with E-state index in [0.29, 0.717) is 21.4 Å². The number of aliphatic hydroxyl groups excluding tert-OH is 1. The molecule has 1 N–H and O–H groups in total. The van der Waals surface area contributed by atoms with Crippen LogP contribution in [0.4, 0.5) is 17.6 Å². The number of fused-ring (bicyclic) bond motifs is 1. The third kappa shape index (κ3) is 3.49. The molecule has 1 aliphatic carbocycles. The molecule has 0 bridgehead atoms. The molecular formula is C23H16F4N2OS. The lowest BCUT2D eigenvalue weighted by Crippen LogP contribution is -2.20. The van der Waals surface area contributed by atoms with Gasteiger partial charge in [0.2, 0.25) is 0 Å². The van der Waals surface area contributed by atoms with Gasteiger partial charge in [0, 0.05) is 11.0 Å². The monoisotopic (exact) mass is 444 g/mol. The standard InChI is InChI=1S/C23H16F4N2OS/c24-16-12-13(19(30)23(25,26)27)6-7-15(16)20-28-17-8-9-18(29-21(17)31-20)22(10-11-22)14-4-2-1-3-5-14/h1-9,12,19,30H,10-11H2/t19-/m1/s1. The molecule has 0 amide bonds. The van der Waals surface area contributed by atoms with Crippen LogP contribution in [0.2, 0.25) is 0 Å². The lowest BCUT2D eigenvalue weighted by atomic mass is 9.92. The summed E-state index contributed by atoms with van der Waals surface area (Å²) in [6, 6.07) is 16.9. The van der Waals surface area contributed by atoms with E-state index in [4.69, 9.17) is 4.98 Å². The lowest BCUT2D eigenvalue weighted by molar-refractivity contribution is -0.206. The summed E-state index contributed by atoms with van der Waals surface area (Å²) < 4.78 is 52.7. The van der Waals surface area contributed by atoms with Crippen LogP contribution in [0, 0.1) is 5.82 Å². The molecule has 1 fully saturated rings. The van der Waals surface area contributed by atoms with Gasteiger partial charge in [-0.15, -0.1) is 0 Å². The van der Waals surface area contributed by atoms with Crippen LogP contribution in [0.15, 0.2) is 60.7 Å². The first-order valence-corrected chi connectivity index (χ1v) is 10.5. The van der Waals surface area contributed by atoms with Crippen molar-refractivity contribution < 1.29 is 22.7 Å². The van der Waals surface area contributed by atoms with Crippen molar-refractivity contribution in [3.05, 3.63) is 83.3 Å². The average molecular weight is 444 g/mol. The Morgan fingerprint density at radius 3 is 2.35 bits per heavy atom. The van der Waals surface area contributed by atoms with Gasteiger partial charge in [-0.05, 0) is 48.2 Å². The first-order valence-electron chi connectivity index (χ1n) is 9.66. The van der Waals surface area contributed by atoms with E-state index >= 15 is 0 Å². The van der Waals surface area contributed by atoms with Crippen LogP contribution in [0.5, 0.6) is 0 Å². The van der Waals surface area contributed by atoms with Crippen molar-refractivity contribution in [3.8, 4) is 10.6 Å². The van der Waals surface area contributed by atoms with E-state index in [1.807, 2.05) is 30.3 Å². The van der Waals surface area contributed by atoms with Gasteiger partial charge in [0.05, 0.1) is 5.69 Å². The zero-order valence-electron chi connectivity index (χ0n) is 16.0. The molecule has 0 saturated heterocycles. The number of benzene rings is 2. The Morgan fingerprint density at radius 1 is 0.968 bits per heavy atom. The molecule has 2 aromatic carbocycles. The summed E-state index contributed by atoms with van der Waals surface area (Å²) in [6.45, 7) is 0. The Kier molecular flexibility index (Phi) is 4.60. The minimum Gasteiger partial charge on any atom is -0.379 e. The molecular weight excluding hydrogens is 428 g/mol. The first-order chi connectivity index (χ1) is 14.8. The summed E-state index contributed by atoms with van der Waals surface area (Å²) in [4.78, 5) is 9.85. The fourth-order valence-electron chi connectivity index (χ4n) is 3.84. The Bertz CT molecular complexity index is 1270. The van der Waals surface area contributed by atoms with Crippen molar-refractivity contribution in [3.63, 3.8) is 0 Å². The van der Waals surface area contributed by atoms with E-state index in [1.54, 1.807) is 0 Å². The van der Waals surface area contributed by atoms with Gasteiger partial charge in [-0.2, -0.15) is 13.2 Å². The maximum Gasteiger partial charge on any atom is 0.418 e. The third-order valence-electron chi connectivity index (χ3n) is 5.67. The van der Waals surface area contributed by atoms with Gasteiger partial charge in [0.25, 0.3) is 0 Å². The molecule has 1 saturated carbocycles. The van der Waals surface area contributed by atoms with Crippen LogP contribution in [0.25, 0.3) is 20.9 Å². The number of nitrogens with zero attached hydrogens (tertiary/aromatic N) is 2. The highest BCUT2D eigenvalue weighted by Crippen LogP contribution is 2.53. The SMILES string of the molecule is O[C@H](c1ccc(-c2nc3ccc(C4(c5ccccc5)CC4)nc3s2)c(F)c1)C(F)(F)F. The molecule has 0 aliphatic heterocycles. The topological polar surface area (TPSA) is 46.0 Å². The summed E-state index contributed by atoms with van der Waals surface area (Å²) in [6.07, 6.45) is -5.59. The number of halogens is 4. The highest BCUT2D eigenvalue weighted by Gasteiger charge is 2.47. The van der Waals surface area contributed by atoms with Crippen molar-refractivity contribution in [2.24, 2.45) is 0 Å². The van der Waals surface area contributed by atoms with E-state index < -0.39 is 23.7 Å². The van der Waals surface area contributed by atoms with Gasteiger partial charge >= 0.3 is 6.18 Å². The number of rotatable bonds is 4. The van der Waals surface area contributed by atoms with Crippen molar-refractivity contribution in [1.29, 1.82) is 0 Å². The van der Waals surface area contributed by atoms with Gasteiger partial charge in [0.15, 0.2) is 6.10 Å². The van der Waals surface area contributed by atoms with Crippen molar-refractivity contribution in [2.75, 3.05) is 0 Å². The highest BCUT2D eigenvalue weighted by molar-refractivity contribution is 7.21. The third-order valence-corrected chi connectivity index (χ3v) is 6.67. The molecule has 31 heavy (non-hydrogen) atoms. The Hall–Kier alpha value is -2.84. The Labute approximate surface area is 179 Å². The molecule has 0 spiro atoms. The molecule has 1 aliphatic rings. The Balaban J connectivity index is 1.50. The van der Waals surface area contributed by atoms with Crippen molar-refractivity contribution >= 4 is 21.7 Å². The summed E-state index contributed by atoms with van der Waals surface area (Å²) in [5.41, 5.74) is 2.16. The number of thiazole rings is 1. The maximum atomic E-state index is 14.6. The van der Waals surface area contributed by atoms with Crippen LogP contribution in [0.1, 0.15) is 35.8 Å². The van der Waals surface area contributed by atoms with Gasteiger partial charge in [-0.25, -0.2) is 14.4 Å². The van der Waals surface area contributed by atoms with Crippen LogP contribution in [-0.4, -0.2) is 21.3 Å². The van der Waals surface area contributed by atoms with Gasteiger partial charge in [-0.1, -0.05) is 47.7 Å². The lowest BCUT2D eigenvalue weighted by Gasteiger charge is -2.15. The predicted octanol–water partition coefficient (Wildman–Crippen LogP) is 6.17. The second kappa shape index (κ2) is 7.10.